The van der Waals surface area contributed by atoms with Crippen LogP contribution in [0.15, 0.2) is 4.99 Å². The van der Waals surface area contributed by atoms with Gasteiger partial charge in [-0.1, -0.05) is 0 Å². The molecular weight excluding hydrogens is 463 g/mol. The van der Waals surface area contributed by atoms with Crippen LogP contribution in [0.5, 0.6) is 0 Å². The number of ether oxygens (including phenoxy) is 2. The molecule has 8 heteroatoms. The minimum atomic E-state index is 0. The fourth-order valence-electron chi connectivity index (χ4n) is 4.80. The lowest BCUT2D eigenvalue weighted by Crippen LogP contribution is -2.60. The monoisotopic (exact) mass is 496 g/mol. The van der Waals surface area contributed by atoms with E-state index in [1.165, 1.54) is 30.8 Å². The highest BCUT2D eigenvalue weighted by atomic mass is 127. The molecule has 0 radical (unpaired) electrons. The largest absolute Gasteiger partial charge is 0.381 e. The maximum absolute atomic E-state index is 5.67. The first kappa shape index (κ1) is 21.0. The second-order valence-corrected chi connectivity index (χ2v) is 9.11. The van der Waals surface area contributed by atoms with Gasteiger partial charge in [-0.15, -0.1) is 24.0 Å². The summed E-state index contributed by atoms with van der Waals surface area (Å²) in [6, 6.07) is 0. The number of nitrogens with one attached hydrogen (secondary N) is 1. The van der Waals surface area contributed by atoms with Gasteiger partial charge in [-0.3, -0.25) is 9.89 Å². The Labute approximate surface area is 178 Å². The molecule has 150 valence electrons. The van der Waals surface area contributed by atoms with E-state index in [9.17, 15) is 0 Å². The minimum Gasteiger partial charge on any atom is -0.381 e. The Hall–Kier alpha value is 0.230. The quantitative estimate of drug-likeness (QED) is 0.363. The van der Waals surface area contributed by atoms with Gasteiger partial charge in [-0.05, 0) is 25.0 Å². The smallest absolute Gasteiger partial charge is 0.193 e. The van der Waals surface area contributed by atoms with Gasteiger partial charge in [0, 0.05) is 63.1 Å². The lowest BCUT2D eigenvalue weighted by atomic mass is 9.87. The van der Waals surface area contributed by atoms with E-state index in [1.807, 2.05) is 7.05 Å². The van der Waals surface area contributed by atoms with Crippen LogP contribution in [0.3, 0.4) is 0 Å². The topological polar surface area (TPSA) is 49.3 Å². The average molecular weight is 496 g/mol. The molecule has 4 fully saturated rings. The first-order valence-corrected chi connectivity index (χ1v) is 10.8. The molecule has 0 saturated carbocycles. The number of halogens is 1. The SMILES string of the molecule is CN=C(NCC1(N2CCOCC2)CCSC1)N1CCC2(CCOC2)C1.I. The van der Waals surface area contributed by atoms with E-state index in [0.29, 0.717) is 5.41 Å². The van der Waals surface area contributed by atoms with E-state index in [4.69, 9.17) is 9.47 Å². The number of thioether (sulfide) groups is 1. The molecule has 26 heavy (non-hydrogen) atoms. The predicted octanol–water partition coefficient (Wildman–Crippen LogP) is 1.50. The third kappa shape index (κ3) is 4.29. The molecule has 0 aromatic carbocycles. The summed E-state index contributed by atoms with van der Waals surface area (Å²) in [7, 11) is 1.92. The Bertz CT molecular complexity index is 490. The molecule has 0 amide bonds. The first-order valence-electron chi connectivity index (χ1n) is 9.69. The highest BCUT2D eigenvalue weighted by Crippen LogP contribution is 2.38. The summed E-state index contributed by atoms with van der Waals surface area (Å²) in [4.78, 5) is 9.71. The van der Waals surface area contributed by atoms with Crippen LogP contribution < -0.4 is 5.32 Å². The Morgan fingerprint density at radius 3 is 2.62 bits per heavy atom. The highest BCUT2D eigenvalue weighted by Gasteiger charge is 2.44. The van der Waals surface area contributed by atoms with Crippen LogP contribution in [0.2, 0.25) is 0 Å². The van der Waals surface area contributed by atoms with Crippen molar-refractivity contribution in [2.45, 2.75) is 24.8 Å². The summed E-state index contributed by atoms with van der Waals surface area (Å²) >= 11 is 2.09. The molecule has 4 aliphatic heterocycles. The maximum atomic E-state index is 5.67. The summed E-state index contributed by atoms with van der Waals surface area (Å²) in [5, 5.41) is 3.74. The number of guanidine groups is 1. The van der Waals surface area contributed by atoms with Crippen LogP contribution in [0.1, 0.15) is 19.3 Å². The van der Waals surface area contributed by atoms with E-state index >= 15 is 0 Å². The Kier molecular flexibility index (Phi) is 7.37. The zero-order valence-corrected chi connectivity index (χ0v) is 19.0. The van der Waals surface area contributed by atoms with E-state index < -0.39 is 0 Å². The molecule has 2 atom stereocenters. The summed E-state index contributed by atoms with van der Waals surface area (Å²) in [6.07, 6.45) is 3.70. The third-order valence-corrected chi connectivity index (χ3v) is 7.71. The number of rotatable bonds is 3. The lowest BCUT2D eigenvalue weighted by Gasteiger charge is -2.43. The Morgan fingerprint density at radius 2 is 1.96 bits per heavy atom. The highest BCUT2D eigenvalue weighted by molar-refractivity contribution is 14.0. The molecule has 4 saturated heterocycles. The number of hydrogen-bond donors (Lipinski definition) is 1. The van der Waals surface area contributed by atoms with Gasteiger partial charge in [0.2, 0.25) is 0 Å². The molecule has 4 aliphatic rings. The lowest BCUT2D eigenvalue weighted by molar-refractivity contribution is -0.0121. The van der Waals surface area contributed by atoms with Crippen molar-refractivity contribution in [1.82, 2.24) is 15.1 Å². The molecule has 6 nitrogen and oxygen atoms in total. The van der Waals surface area contributed by atoms with Crippen LogP contribution in [0.4, 0.5) is 0 Å². The van der Waals surface area contributed by atoms with Crippen molar-refractivity contribution in [3.8, 4) is 0 Å². The molecule has 1 N–H and O–H groups in total. The fourth-order valence-corrected chi connectivity index (χ4v) is 6.28. The first-order chi connectivity index (χ1) is 12.3. The summed E-state index contributed by atoms with van der Waals surface area (Å²) in [5.41, 5.74) is 0.640. The van der Waals surface area contributed by atoms with Crippen LogP contribution >= 0.6 is 35.7 Å². The van der Waals surface area contributed by atoms with Gasteiger partial charge in [0.1, 0.15) is 0 Å². The molecular formula is C18H33IN4O2S. The second kappa shape index (κ2) is 9.15. The van der Waals surface area contributed by atoms with Crippen LogP contribution in [0, 0.1) is 5.41 Å². The maximum Gasteiger partial charge on any atom is 0.193 e. The van der Waals surface area contributed by atoms with Crippen molar-refractivity contribution in [2.75, 3.05) is 77.7 Å². The van der Waals surface area contributed by atoms with Gasteiger partial charge in [-0.2, -0.15) is 11.8 Å². The molecule has 4 heterocycles. The van der Waals surface area contributed by atoms with Gasteiger partial charge < -0.3 is 19.7 Å². The van der Waals surface area contributed by atoms with Gasteiger partial charge in [0.05, 0.1) is 19.8 Å². The Morgan fingerprint density at radius 1 is 1.12 bits per heavy atom. The number of hydrogen-bond acceptors (Lipinski definition) is 5. The van der Waals surface area contributed by atoms with Gasteiger partial charge in [0.15, 0.2) is 5.96 Å². The molecule has 4 rings (SSSR count). The molecule has 1 spiro atoms. The zero-order valence-electron chi connectivity index (χ0n) is 15.9. The van der Waals surface area contributed by atoms with Crippen molar-refractivity contribution in [2.24, 2.45) is 10.4 Å². The van der Waals surface area contributed by atoms with Crippen molar-refractivity contribution < 1.29 is 9.47 Å². The predicted molar refractivity (Wildman–Crippen MR) is 118 cm³/mol. The van der Waals surface area contributed by atoms with Crippen molar-refractivity contribution >= 4 is 41.7 Å². The third-order valence-electron chi connectivity index (χ3n) is 6.47. The molecule has 2 unspecified atom stereocenters. The van der Waals surface area contributed by atoms with E-state index in [2.05, 4.69) is 31.9 Å². The minimum absolute atomic E-state index is 0. The van der Waals surface area contributed by atoms with Gasteiger partial charge in [-0.25, -0.2) is 0 Å². The summed E-state index contributed by atoms with van der Waals surface area (Å²) in [5.74, 6) is 3.56. The molecule has 0 aliphatic carbocycles. The standard InChI is InChI=1S/C18H32N4O2S.HI/c1-19-16(21-5-2-17(13-21)3-8-24-14-17)20-12-18(4-11-25-15-18)22-6-9-23-10-7-22;/h2-15H2,1H3,(H,19,20);1H. The zero-order chi connectivity index (χ0) is 17.2. The van der Waals surface area contributed by atoms with E-state index in [0.717, 1.165) is 65.1 Å². The fraction of sp³-hybridized carbons (Fsp3) is 0.944. The van der Waals surface area contributed by atoms with Gasteiger partial charge >= 0.3 is 0 Å². The van der Waals surface area contributed by atoms with Crippen molar-refractivity contribution in [1.29, 1.82) is 0 Å². The second-order valence-electron chi connectivity index (χ2n) is 8.00. The van der Waals surface area contributed by atoms with Crippen LogP contribution in [-0.2, 0) is 9.47 Å². The van der Waals surface area contributed by atoms with Crippen LogP contribution in [0.25, 0.3) is 0 Å². The Balaban J connectivity index is 0.00000196. The van der Waals surface area contributed by atoms with Crippen LogP contribution in [-0.4, -0.2) is 99.0 Å². The molecule has 0 bridgehead atoms. The number of aliphatic imine (C=N–C) groups is 1. The van der Waals surface area contributed by atoms with Gasteiger partial charge in [0.25, 0.3) is 0 Å². The normalized spacial score (nSPS) is 35.9. The number of nitrogens with zero attached hydrogens (tertiary/aromatic N) is 3. The molecule has 0 aromatic heterocycles. The summed E-state index contributed by atoms with van der Waals surface area (Å²) in [6.45, 7) is 8.90. The summed E-state index contributed by atoms with van der Waals surface area (Å²) < 4.78 is 11.2. The molecule has 0 aromatic rings. The van der Waals surface area contributed by atoms with E-state index in [-0.39, 0.29) is 29.5 Å². The number of likely N-dealkylation sites (tertiary alicyclic amines) is 1. The number of morpholine rings is 1. The van der Waals surface area contributed by atoms with E-state index in [1.54, 1.807) is 0 Å². The van der Waals surface area contributed by atoms with Crippen molar-refractivity contribution in [3.63, 3.8) is 0 Å². The average Bonchev–Trinajstić information content (AvgIpc) is 3.40. The van der Waals surface area contributed by atoms with Crippen molar-refractivity contribution in [3.05, 3.63) is 0 Å².